The molecule has 8 nitrogen and oxygen atoms in total. The molecule has 0 radical (unpaired) electrons. The number of halogens is 1. The molecule has 0 saturated carbocycles. The Morgan fingerprint density at radius 2 is 2.00 bits per heavy atom. The number of rotatable bonds is 7. The molecule has 0 spiro atoms. The van der Waals surface area contributed by atoms with E-state index in [4.69, 9.17) is 26.3 Å². The number of benzene rings is 2. The maximum atomic E-state index is 11.0. The minimum Gasteiger partial charge on any atom is -0.491 e. The smallest absolute Gasteiger partial charge is 0.335 e. The number of aromatic carboxylic acids is 1. The van der Waals surface area contributed by atoms with E-state index in [0.29, 0.717) is 30.3 Å². The van der Waals surface area contributed by atoms with Crippen molar-refractivity contribution < 1.29 is 19.5 Å². The molecule has 9 heteroatoms. The van der Waals surface area contributed by atoms with Gasteiger partial charge in [0.1, 0.15) is 31.1 Å². The van der Waals surface area contributed by atoms with Crippen molar-refractivity contribution in [3.63, 3.8) is 0 Å². The minimum absolute atomic E-state index is 0.201. The average molecular weight is 429 g/mol. The summed E-state index contributed by atoms with van der Waals surface area (Å²) >= 11 is 6.09. The van der Waals surface area contributed by atoms with Gasteiger partial charge in [-0.3, -0.25) is 9.52 Å². The Morgan fingerprint density at radius 3 is 2.63 bits per heavy atom. The third-order valence-corrected chi connectivity index (χ3v) is 5.54. The van der Waals surface area contributed by atoms with Gasteiger partial charge in [-0.15, -0.1) is 0 Å². The molecule has 0 bridgehead atoms. The third kappa shape index (κ3) is 4.16. The van der Waals surface area contributed by atoms with Crippen LogP contribution in [-0.2, 0) is 16.9 Å². The van der Waals surface area contributed by atoms with Crippen molar-refractivity contribution in [2.24, 2.45) is 0 Å². The van der Waals surface area contributed by atoms with E-state index in [1.54, 1.807) is 23.1 Å². The summed E-state index contributed by atoms with van der Waals surface area (Å²) in [7, 11) is 1.90. The molecule has 4 rings (SSSR count). The van der Waals surface area contributed by atoms with Gasteiger partial charge in [0.25, 0.3) is 0 Å². The molecule has 1 N–H and O–H groups in total. The van der Waals surface area contributed by atoms with E-state index in [9.17, 15) is 4.79 Å². The maximum absolute atomic E-state index is 11.0. The number of carbonyl (C=O) groups is 1. The summed E-state index contributed by atoms with van der Waals surface area (Å²) in [4.78, 5) is 21.1. The lowest BCUT2D eigenvalue weighted by atomic mass is 9.85. The lowest BCUT2D eigenvalue weighted by Gasteiger charge is -2.34. The van der Waals surface area contributed by atoms with E-state index in [-0.39, 0.29) is 11.7 Å². The average Bonchev–Trinajstić information content (AvgIpc) is 3.36. The highest BCUT2D eigenvalue weighted by molar-refractivity contribution is 6.30. The number of aromatic nitrogens is 3. The molecule has 2 aromatic carbocycles. The zero-order valence-corrected chi connectivity index (χ0v) is 17.1. The van der Waals surface area contributed by atoms with Gasteiger partial charge in [0, 0.05) is 18.5 Å². The predicted molar refractivity (Wildman–Crippen MR) is 109 cm³/mol. The molecule has 0 amide bonds. The molecule has 1 aromatic heterocycles. The van der Waals surface area contributed by atoms with Crippen LogP contribution in [0.1, 0.15) is 22.3 Å². The van der Waals surface area contributed by atoms with Crippen LogP contribution in [0.25, 0.3) is 0 Å². The van der Waals surface area contributed by atoms with Crippen LogP contribution in [-0.4, -0.2) is 50.7 Å². The Bertz CT molecular complexity index is 995. The fourth-order valence-corrected chi connectivity index (χ4v) is 3.86. The van der Waals surface area contributed by atoms with Gasteiger partial charge in [0.15, 0.2) is 0 Å². The van der Waals surface area contributed by atoms with Crippen molar-refractivity contribution in [3.8, 4) is 5.75 Å². The number of likely N-dealkylation sites (N-methyl/N-ethyl adjacent to an activating group) is 1. The van der Waals surface area contributed by atoms with Crippen molar-refractivity contribution in [1.29, 1.82) is 0 Å². The molecule has 30 heavy (non-hydrogen) atoms. The number of carboxylic acid groups (broad SMARTS) is 1. The summed E-state index contributed by atoms with van der Waals surface area (Å²) < 4.78 is 7.64. The summed E-state index contributed by atoms with van der Waals surface area (Å²) in [6.45, 7) is 0.873. The van der Waals surface area contributed by atoms with E-state index in [0.717, 1.165) is 5.56 Å². The van der Waals surface area contributed by atoms with Crippen LogP contribution in [0.3, 0.4) is 0 Å². The Kier molecular flexibility index (Phi) is 5.72. The van der Waals surface area contributed by atoms with Crippen LogP contribution in [0.4, 0.5) is 0 Å². The first-order valence-corrected chi connectivity index (χ1v) is 9.79. The molecular weight excluding hydrogens is 408 g/mol. The quantitative estimate of drug-likeness (QED) is 0.617. The third-order valence-electron chi connectivity index (χ3n) is 5.28. The number of hydroxylamine groups is 2. The summed E-state index contributed by atoms with van der Waals surface area (Å²) in [6.07, 6.45) is 3.65. The first-order chi connectivity index (χ1) is 14.5. The van der Waals surface area contributed by atoms with Gasteiger partial charge < -0.3 is 9.84 Å². The van der Waals surface area contributed by atoms with Crippen LogP contribution in [0.5, 0.6) is 5.75 Å². The molecule has 1 aliphatic rings. The van der Waals surface area contributed by atoms with Crippen LogP contribution < -0.4 is 4.74 Å². The van der Waals surface area contributed by atoms with Gasteiger partial charge in [-0.1, -0.05) is 23.7 Å². The summed E-state index contributed by atoms with van der Waals surface area (Å²) in [5.74, 6) is -0.380. The van der Waals surface area contributed by atoms with E-state index < -0.39 is 11.5 Å². The molecule has 156 valence electrons. The van der Waals surface area contributed by atoms with Gasteiger partial charge in [-0.2, -0.15) is 10.2 Å². The zero-order valence-electron chi connectivity index (χ0n) is 16.3. The first kappa shape index (κ1) is 20.3. The topological polar surface area (TPSA) is 89.7 Å². The second-order valence-electron chi connectivity index (χ2n) is 7.20. The number of nitrogens with zero attached hydrogens (tertiary/aromatic N) is 4. The molecule has 0 unspecified atom stereocenters. The van der Waals surface area contributed by atoms with Crippen LogP contribution >= 0.6 is 11.6 Å². The second kappa shape index (κ2) is 8.43. The largest absolute Gasteiger partial charge is 0.491 e. The Labute approximate surface area is 178 Å². The second-order valence-corrected chi connectivity index (χ2v) is 7.64. The molecule has 2 heterocycles. The highest BCUT2D eigenvalue weighted by Crippen LogP contribution is 2.41. The SMILES string of the molecule is CN1O[C@H](COc2ccc(C(=O)O)cc2)C[C@@]1(Cn1cncn1)c1ccc(Cl)cc1. The Balaban J connectivity index is 1.51. The normalized spacial score (nSPS) is 21.6. The maximum Gasteiger partial charge on any atom is 0.335 e. The number of hydrogen-bond donors (Lipinski definition) is 1. The first-order valence-electron chi connectivity index (χ1n) is 9.41. The van der Waals surface area contributed by atoms with Crippen molar-refractivity contribution in [2.75, 3.05) is 13.7 Å². The van der Waals surface area contributed by atoms with Crippen molar-refractivity contribution >= 4 is 17.6 Å². The van der Waals surface area contributed by atoms with Crippen LogP contribution in [0.15, 0.2) is 61.2 Å². The van der Waals surface area contributed by atoms with E-state index in [1.807, 2.05) is 36.4 Å². The Hall–Kier alpha value is -2.94. The number of carboxylic acids is 1. The van der Waals surface area contributed by atoms with Crippen molar-refractivity contribution in [1.82, 2.24) is 19.8 Å². The lowest BCUT2D eigenvalue weighted by Crippen LogP contribution is -2.42. The highest BCUT2D eigenvalue weighted by Gasteiger charge is 2.47. The molecule has 1 saturated heterocycles. The molecule has 0 aliphatic carbocycles. The fraction of sp³-hybridized carbons (Fsp3) is 0.286. The van der Waals surface area contributed by atoms with Crippen molar-refractivity contribution in [2.45, 2.75) is 24.6 Å². The summed E-state index contributed by atoms with van der Waals surface area (Å²) in [6, 6.07) is 14.0. The van der Waals surface area contributed by atoms with Gasteiger partial charge in [0.05, 0.1) is 17.6 Å². The highest BCUT2D eigenvalue weighted by atomic mass is 35.5. The molecule has 1 aliphatic heterocycles. The van der Waals surface area contributed by atoms with Gasteiger partial charge in [-0.05, 0) is 42.0 Å². The van der Waals surface area contributed by atoms with E-state index >= 15 is 0 Å². The van der Waals surface area contributed by atoms with Crippen LogP contribution in [0, 0.1) is 0 Å². The molecule has 1 fully saturated rings. The van der Waals surface area contributed by atoms with Crippen LogP contribution in [0.2, 0.25) is 5.02 Å². The zero-order chi connectivity index (χ0) is 21.1. The molecule has 2 atom stereocenters. The van der Waals surface area contributed by atoms with Gasteiger partial charge in [-0.25, -0.2) is 9.78 Å². The summed E-state index contributed by atoms with van der Waals surface area (Å²) in [5.41, 5.74) is 0.798. The Morgan fingerprint density at radius 1 is 1.27 bits per heavy atom. The number of ether oxygens (including phenoxy) is 1. The van der Waals surface area contributed by atoms with Crippen molar-refractivity contribution in [3.05, 3.63) is 77.3 Å². The lowest BCUT2D eigenvalue weighted by molar-refractivity contribution is -0.180. The summed E-state index contributed by atoms with van der Waals surface area (Å²) in [5, 5.41) is 15.8. The molecule has 3 aromatic rings. The fourth-order valence-electron chi connectivity index (χ4n) is 3.74. The van der Waals surface area contributed by atoms with E-state index in [2.05, 4.69) is 10.1 Å². The minimum atomic E-state index is -0.969. The van der Waals surface area contributed by atoms with Gasteiger partial charge in [0.2, 0.25) is 0 Å². The predicted octanol–water partition coefficient (Wildman–Crippen LogP) is 3.24. The standard InChI is InChI=1S/C21H21ClN4O4/c1-25-21(12-26-14-23-13-24-26,16-4-6-17(22)7-5-16)10-19(30-25)11-29-18-8-2-15(3-9-18)20(27)28/h2-9,13-14,19H,10-12H2,1H3,(H,27,28)/t19-,21+/m0/s1. The van der Waals surface area contributed by atoms with Gasteiger partial charge >= 0.3 is 5.97 Å². The van der Waals surface area contributed by atoms with E-state index in [1.165, 1.54) is 18.5 Å². The monoisotopic (exact) mass is 428 g/mol. The number of hydrogen-bond acceptors (Lipinski definition) is 6. The molecular formula is C21H21ClN4O4.